The summed E-state index contributed by atoms with van der Waals surface area (Å²) in [6.45, 7) is 0.883. The molecule has 1 fully saturated rings. The highest BCUT2D eigenvalue weighted by Gasteiger charge is 2.31. The van der Waals surface area contributed by atoms with E-state index in [0.717, 1.165) is 0 Å². The topological polar surface area (TPSA) is 140 Å². The van der Waals surface area contributed by atoms with Crippen LogP contribution >= 0.6 is 0 Å². The number of rotatable bonds is 6. The van der Waals surface area contributed by atoms with Crippen molar-refractivity contribution in [2.24, 2.45) is 0 Å². The lowest BCUT2D eigenvalue weighted by molar-refractivity contribution is -0.132. The molecule has 2 aliphatic rings. The van der Waals surface area contributed by atoms with Gasteiger partial charge in [-0.2, -0.15) is 5.10 Å². The minimum absolute atomic E-state index is 0.0193. The summed E-state index contributed by atoms with van der Waals surface area (Å²) in [5, 5.41) is 9.15. The smallest absolute Gasteiger partial charge is 0.263 e. The van der Waals surface area contributed by atoms with Gasteiger partial charge in [-0.05, 0) is 30.7 Å². The first-order valence-electron chi connectivity index (χ1n) is 11.3. The van der Waals surface area contributed by atoms with Crippen molar-refractivity contribution in [1.82, 2.24) is 15.1 Å². The van der Waals surface area contributed by atoms with Crippen LogP contribution in [0, 0.1) is 0 Å². The molecule has 1 saturated heterocycles. The van der Waals surface area contributed by atoms with Crippen LogP contribution in [0.1, 0.15) is 23.2 Å². The van der Waals surface area contributed by atoms with Gasteiger partial charge in [0.2, 0.25) is 0 Å². The van der Waals surface area contributed by atoms with E-state index in [-0.39, 0.29) is 45.1 Å². The average Bonchev–Trinajstić information content (AvgIpc) is 3.43. The van der Waals surface area contributed by atoms with Crippen LogP contribution in [-0.4, -0.2) is 67.4 Å². The Morgan fingerprint density at radius 1 is 1.17 bits per heavy atom. The number of aromatic amines is 1. The lowest BCUT2D eigenvalue weighted by Crippen LogP contribution is -2.29. The van der Waals surface area contributed by atoms with E-state index in [9.17, 15) is 18.0 Å². The third-order valence-electron chi connectivity index (χ3n) is 5.85. The van der Waals surface area contributed by atoms with Gasteiger partial charge in [-0.1, -0.05) is 0 Å². The van der Waals surface area contributed by atoms with Gasteiger partial charge in [0.1, 0.15) is 33.7 Å². The van der Waals surface area contributed by atoms with Crippen molar-refractivity contribution < 1.29 is 32.2 Å². The number of carbonyl (C=O) groups excluding carboxylic acids is 2. The van der Waals surface area contributed by atoms with E-state index in [2.05, 4.69) is 15.5 Å². The van der Waals surface area contributed by atoms with Crippen LogP contribution in [0.3, 0.4) is 0 Å². The Bertz CT molecular complexity index is 1410. The number of nitrogens with one attached hydrogen (secondary N) is 2. The second-order valence-electron chi connectivity index (χ2n) is 8.50. The number of H-pyrrole nitrogens is 1. The van der Waals surface area contributed by atoms with Crippen LogP contribution < -0.4 is 19.5 Å². The molecule has 2 amide bonds. The maximum Gasteiger partial charge on any atom is 0.263 e. The van der Waals surface area contributed by atoms with Gasteiger partial charge in [-0.15, -0.1) is 0 Å². The van der Waals surface area contributed by atoms with Gasteiger partial charge >= 0.3 is 0 Å². The second-order valence-corrected chi connectivity index (χ2v) is 10.6. The molecule has 3 aromatic rings. The molecule has 0 saturated carbocycles. The lowest BCUT2D eigenvalue weighted by Gasteiger charge is -2.16. The highest BCUT2D eigenvalue weighted by atomic mass is 32.2. The summed E-state index contributed by atoms with van der Waals surface area (Å²) in [5.74, 6) is 0.793. The third kappa shape index (κ3) is 4.98. The number of ether oxygens (including phenoxy) is 3. The van der Waals surface area contributed by atoms with E-state index in [1.54, 1.807) is 36.2 Å². The third-order valence-corrected chi connectivity index (χ3v) is 7.66. The molecule has 2 aromatic carbocycles. The van der Waals surface area contributed by atoms with Gasteiger partial charge in [0.05, 0.1) is 18.6 Å². The van der Waals surface area contributed by atoms with E-state index in [1.807, 2.05) is 0 Å². The standard InChI is InChI=1S/C24H24N4O7S/c1-28-8-6-20(24(28)30)35-18-12-15(23(29)26-22-5-7-25-27-22)11-17(13-18)34-16-3-4-19-21(14-16)36(31,32)10-2-9-33-19/h3-5,7,11-14,20H,2,6,8-10H2,1H3,(H2,25,26,27,29)/t20-/m0/s1. The highest BCUT2D eigenvalue weighted by molar-refractivity contribution is 7.91. The number of hydrogen-bond donors (Lipinski definition) is 2. The maximum atomic E-state index is 12.9. The number of sulfone groups is 1. The quantitative estimate of drug-likeness (QED) is 0.514. The minimum atomic E-state index is -3.52. The van der Waals surface area contributed by atoms with Crippen LogP contribution in [-0.2, 0) is 14.6 Å². The normalized spacial score (nSPS) is 18.6. The molecule has 0 radical (unpaired) electrons. The SMILES string of the molecule is CN1CC[C@H](Oc2cc(Oc3ccc4c(c3)S(=O)(=O)CCCO4)cc(C(=O)Nc3ccn[nH]3)c2)C1=O. The fourth-order valence-corrected chi connectivity index (χ4v) is 5.45. The van der Waals surface area contributed by atoms with Crippen molar-refractivity contribution in [3.05, 3.63) is 54.2 Å². The van der Waals surface area contributed by atoms with Gasteiger partial charge in [-0.25, -0.2) is 8.42 Å². The fourth-order valence-electron chi connectivity index (χ4n) is 4.01. The molecule has 1 aromatic heterocycles. The zero-order chi connectivity index (χ0) is 25.3. The number of likely N-dealkylation sites (N-methyl/N-ethyl adjacent to an activating group) is 1. The molecule has 36 heavy (non-hydrogen) atoms. The summed E-state index contributed by atoms with van der Waals surface area (Å²) in [6.07, 6.45) is 1.74. The summed E-state index contributed by atoms with van der Waals surface area (Å²) >= 11 is 0. The van der Waals surface area contributed by atoms with Crippen LogP contribution in [0.5, 0.6) is 23.0 Å². The Morgan fingerprint density at radius 3 is 2.75 bits per heavy atom. The molecule has 2 N–H and O–H groups in total. The van der Waals surface area contributed by atoms with Gasteiger partial charge in [0.25, 0.3) is 11.8 Å². The van der Waals surface area contributed by atoms with Crippen molar-refractivity contribution in [2.75, 3.05) is 31.3 Å². The number of fused-ring (bicyclic) bond motifs is 1. The van der Waals surface area contributed by atoms with Crippen molar-refractivity contribution in [3.63, 3.8) is 0 Å². The van der Waals surface area contributed by atoms with Crippen molar-refractivity contribution in [2.45, 2.75) is 23.8 Å². The molecular weight excluding hydrogens is 488 g/mol. The van der Waals surface area contributed by atoms with Gasteiger partial charge in [0.15, 0.2) is 15.9 Å². The number of carbonyl (C=O) groups is 2. The first-order chi connectivity index (χ1) is 17.3. The number of hydrogen-bond acceptors (Lipinski definition) is 8. The minimum Gasteiger partial charge on any atom is -0.492 e. The summed E-state index contributed by atoms with van der Waals surface area (Å²) in [7, 11) is -1.83. The molecule has 0 unspecified atom stereocenters. The Labute approximate surface area is 207 Å². The van der Waals surface area contributed by atoms with Gasteiger partial charge in [0, 0.05) is 43.8 Å². The van der Waals surface area contributed by atoms with Crippen LogP contribution in [0.4, 0.5) is 5.82 Å². The molecular formula is C24H24N4O7S. The summed E-state index contributed by atoms with van der Waals surface area (Å²) < 4.78 is 42.7. The molecule has 11 nitrogen and oxygen atoms in total. The monoisotopic (exact) mass is 512 g/mol. The molecule has 5 rings (SSSR count). The van der Waals surface area contributed by atoms with Crippen LogP contribution in [0.15, 0.2) is 53.6 Å². The van der Waals surface area contributed by atoms with Crippen LogP contribution in [0.25, 0.3) is 0 Å². The molecule has 1 atom stereocenters. The first-order valence-corrected chi connectivity index (χ1v) is 13.0. The number of aromatic nitrogens is 2. The first kappa shape index (κ1) is 23.7. The molecule has 12 heteroatoms. The van der Waals surface area contributed by atoms with E-state index < -0.39 is 21.8 Å². The van der Waals surface area contributed by atoms with E-state index in [4.69, 9.17) is 14.2 Å². The fraction of sp³-hybridized carbons (Fsp3) is 0.292. The Hall–Kier alpha value is -4.06. The largest absolute Gasteiger partial charge is 0.492 e. The van der Waals surface area contributed by atoms with Gasteiger partial charge in [-0.3, -0.25) is 14.7 Å². The number of benzene rings is 2. The predicted molar refractivity (Wildman–Crippen MR) is 128 cm³/mol. The lowest BCUT2D eigenvalue weighted by atomic mass is 10.1. The molecule has 0 spiro atoms. The zero-order valence-corrected chi connectivity index (χ0v) is 20.2. The van der Waals surface area contributed by atoms with E-state index >= 15 is 0 Å². The predicted octanol–water partition coefficient (Wildman–Crippen LogP) is 2.62. The summed E-state index contributed by atoms with van der Waals surface area (Å²) in [4.78, 5) is 26.9. The number of nitrogens with zero attached hydrogens (tertiary/aromatic N) is 2. The summed E-state index contributed by atoms with van der Waals surface area (Å²) in [6, 6.07) is 10.7. The molecule has 3 heterocycles. The zero-order valence-electron chi connectivity index (χ0n) is 19.4. The van der Waals surface area contributed by atoms with Crippen molar-refractivity contribution in [1.29, 1.82) is 0 Å². The van der Waals surface area contributed by atoms with E-state index in [0.29, 0.717) is 31.8 Å². The Kier molecular flexibility index (Phi) is 6.27. The van der Waals surface area contributed by atoms with Crippen molar-refractivity contribution >= 4 is 27.5 Å². The number of anilines is 1. The summed E-state index contributed by atoms with van der Waals surface area (Å²) in [5.41, 5.74) is 0.210. The number of amides is 2. The average molecular weight is 513 g/mol. The molecule has 0 aliphatic carbocycles. The van der Waals surface area contributed by atoms with Crippen LogP contribution in [0.2, 0.25) is 0 Å². The van der Waals surface area contributed by atoms with Crippen molar-refractivity contribution in [3.8, 4) is 23.0 Å². The Morgan fingerprint density at radius 2 is 2.00 bits per heavy atom. The van der Waals surface area contributed by atoms with E-state index in [1.165, 1.54) is 24.4 Å². The second kappa shape index (κ2) is 9.53. The highest BCUT2D eigenvalue weighted by Crippen LogP contribution is 2.35. The molecule has 188 valence electrons. The number of likely N-dealkylation sites (tertiary alicyclic amines) is 1. The Balaban J connectivity index is 1.46. The maximum absolute atomic E-state index is 12.9. The van der Waals surface area contributed by atoms with Gasteiger partial charge < -0.3 is 24.4 Å². The molecule has 2 aliphatic heterocycles. The molecule has 0 bridgehead atoms.